The summed E-state index contributed by atoms with van der Waals surface area (Å²) in [7, 11) is 0. The Hall–Kier alpha value is -2.07. The van der Waals surface area contributed by atoms with Crippen LogP contribution >= 0.6 is 11.6 Å². The smallest absolute Gasteiger partial charge is 0.196 e. The van der Waals surface area contributed by atoms with Crippen molar-refractivity contribution >= 4 is 28.9 Å². The summed E-state index contributed by atoms with van der Waals surface area (Å²) in [5.74, 6) is -0.00816. The fourth-order valence-electron chi connectivity index (χ4n) is 1.60. The standard InChI is InChI=1S/C13H12ClN3O/c1-7-4-9(13(16)17-6-7)12(18)8-2-3-10(14)11(15)5-8/h2-6H,15H2,1H3,(H2,16,17). The highest BCUT2D eigenvalue weighted by atomic mass is 35.5. The first-order valence-electron chi connectivity index (χ1n) is 5.31. The van der Waals surface area contributed by atoms with Crippen molar-refractivity contribution in [1.29, 1.82) is 0 Å². The lowest BCUT2D eigenvalue weighted by molar-refractivity contribution is 0.103. The van der Waals surface area contributed by atoms with E-state index in [4.69, 9.17) is 23.1 Å². The van der Waals surface area contributed by atoms with E-state index in [1.165, 1.54) is 6.07 Å². The van der Waals surface area contributed by atoms with Crippen LogP contribution in [0.5, 0.6) is 0 Å². The molecule has 18 heavy (non-hydrogen) atoms. The van der Waals surface area contributed by atoms with E-state index in [0.717, 1.165) is 5.56 Å². The van der Waals surface area contributed by atoms with Crippen molar-refractivity contribution in [3.63, 3.8) is 0 Å². The molecule has 92 valence electrons. The van der Waals surface area contributed by atoms with Gasteiger partial charge in [-0.1, -0.05) is 11.6 Å². The lowest BCUT2D eigenvalue weighted by atomic mass is 10.0. The number of ketones is 1. The monoisotopic (exact) mass is 261 g/mol. The lowest BCUT2D eigenvalue weighted by Gasteiger charge is -2.06. The van der Waals surface area contributed by atoms with Gasteiger partial charge in [0.25, 0.3) is 0 Å². The van der Waals surface area contributed by atoms with Gasteiger partial charge in [0.15, 0.2) is 5.78 Å². The summed E-state index contributed by atoms with van der Waals surface area (Å²) in [5, 5.41) is 0.418. The van der Waals surface area contributed by atoms with Crippen molar-refractivity contribution in [2.24, 2.45) is 0 Å². The third kappa shape index (κ3) is 2.28. The van der Waals surface area contributed by atoms with Crippen molar-refractivity contribution < 1.29 is 4.79 Å². The lowest BCUT2D eigenvalue weighted by Crippen LogP contribution is -2.08. The Morgan fingerprint density at radius 2 is 2.00 bits per heavy atom. The zero-order chi connectivity index (χ0) is 13.3. The van der Waals surface area contributed by atoms with E-state index in [0.29, 0.717) is 21.8 Å². The van der Waals surface area contributed by atoms with Gasteiger partial charge in [-0.3, -0.25) is 4.79 Å². The maximum Gasteiger partial charge on any atom is 0.196 e. The number of hydrogen-bond donors (Lipinski definition) is 2. The number of pyridine rings is 1. The zero-order valence-electron chi connectivity index (χ0n) is 9.77. The second-order valence-electron chi connectivity index (χ2n) is 4.01. The molecule has 0 saturated heterocycles. The topological polar surface area (TPSA) is 82.0 Å². The minimum atomic E-state index is -0.216. The summed E-state index contributed by atoms with van der Waals surface area (Å²) in [6.07, 6.45) is 1.61. The first-order valence-corrected chi connectivity index (χ1v) is 5.68. The highest BCUT2D eigenvalue weighted by molar-refractivity contribution is 6.33. The SMILES string of the molecule is Cc1cnc(N)c(C(=O)c2ccc(Cl)c(N)c2)c1. The molecule has 0 aliphatic carbocycles. The molecule has 5 heteroatoms. The Morgan fingerprint density at radius 3 is 2.67 bits per heavy atom. The Morgan fingerprint density at radius 1 is 1.28 bits per heavy atom. The van der Waals surface area contributed by atoms with Crippen LogP contribution in [0.1, 0.15) is 21.5 Å². The molecule has 0 aliphatic heterocycles. The molecule has 0 unspecified atom stereocenters. The Labute approximate surface area is 110 Å². The molecule has 0 bridgehead atoms. The van der Waals surface area contributed by atoms with Gasteiger partial charge in [-0.25, -0.2) is 4.98 Å². The van der Waals surface area contributed by atoms with Gasteiger partial charge in [-0.05, 0) is 36.8 Å². The number of nitrogens with zero attached hydrogens (tertiary/aromatic N) is 1. The number of anilines is 2. The number of carbonyl (C=O) groups excluding carboxylic acids is 1. The molecule has 1 aromatic carbocycles. The van der Waals surface area contributed by atoms with E-state index in [1.807, 2.05) is 6.92 Å². The predicted octanol–water partition coefficient (Wildman–Crippen LogP) is 2.44. The number of halogens is 1. The Bertz CT molecular complexity index is 626. The van der Waals surface area contributed by atoms with Gasteiger partial charge in [0.05, 0.1) is 16.3 Å². The second kappa shape index (κ2) is 4.66. The number of carbonyl (C=O) groups is 1. The zero-order valence-corrected chi connectivity index (χ0v) is 10.5. The van der Waals surface area contributed by atoms with Gasteiger partial charge >= 0.3 is 0 Å². The van der Waals surface area contributed by atoms with Gasteiger partial charge in [0.1, 0.15) is 5.82 Å². The van der Waals surface area contributed by atoms with Crippen molar-refractivity contribution in [2.75, 3.05) is 11.5 Å². The van der Waals surface area contributed by atoms with Crippen LogP contribution in [0.4, 0.5) is 11.5 Å². The van der Waals surface area contributed by atoms with Crippen LogP contribution in [0.3, 0.4) is 0 Å². The average Bonchev–Trinajstić information content (AvgIpc) is 2.35. The summed E-state index contributed by atoms with van der Waals surface area (Å²) in [6.45, 7) is 1.85. The molecule has 0 spiro atoms. The maximum absolute atomic E-state index is 12.3. The molecule has 4 N–H and O–H groups in total. The summed E-state index contributed by atoms with van der Waals surface area (Å²) in [5.41, 5.74) is 13.4. The van der Waals surface area contributed by atoms with E-state index in [-0.39, 0.29) is 11.6 Å². The number of benzene rings is 1. The molecule has 1 heterocycles. The minimum Gasteiger partial charge on any atom is -0.398 e. The molecule has 0 saturated carbocycles. The number of hydrogen-bond acceptors (Lipinski definition) is 4. The van der Waals surface area contributed by atoms with Crippen LogP contribution in [-0.2, 0) is 0 Å². The summed E-state index contributed by atoms with van der Waals surface area (Å²) in [6, 6.07) is 6.44. The van der Waals surface area contributed by atoms with Crippen LogP contribution in [-0.4, -0.2) is 10.8 Å². The fraction of sp³-hybridized carbons (Fsp3) is 0.0769. The number of rotatable bonds is 2. The highest BCUT2D eigenvalue weighted by Crippen LogP contribution is 2.22. The Kier molecular flexibility index (Phi) is 3.21. The predicted molar refractivity (Wildman–Crippen MR) is 72.7 cm³/mol. The molecule has 0 amide bonds. The quantitative estimate of drug-likeness (QED) is 0.643. The van der Waals surface area contributed by atoms with Crippen molar-refractivity contribution in [1.82, 2.24) is 4.98 Å². The van der Waals surface area contributed by atoms with Crippen LogP contribution < -0.4 is 11.5 Å². The fourth-order valence-corrected chi connectivity index (χ4v) is 1.72. The molecule has 1 aromatic heterocycles. The van der Waals surface area contributed by atoms with E-state index in [9.17, 15) is 4.79 Å². The second-order valence-corrected chi connectivity index (χ2v) is 4.42. The van der Waals surface area contributed by atoms with Gasteiger partial charge in [0, 0.05) is 11.8 Å². The first kappa shape index (κ1) is 12.4. The molecular formula is C13H12ClN3O. The van der Waals surface area contributed by atoms with E-state index < -0.39 is 0 Å². The van der Waals surface area contributed by atoms with E-state index in [1.54, 1.807) is 24.4 Å². The van der Waals surface area contributed by atoms with Crippen molar-refractivity contribution in [3.8, 4) is 0 Å². The minimum absolute atomic E-state index is 0.208. The van der Waals surface area contributed by atoms with Crippen LogP contribution in [0.2, 0.25) is 5.02 Å². The molecule has 2 rings (SSSR count). The van der Waals surface area contributed by atoms with Gasteiger partial charge in [-0.15, -0.1) is 0 Å². The largest absolute Gasteiger partial charge is 0.398 e. The van der Waals surface area contributed by atoms with Crippen LogP contribution in [0.25, 0.3) is 0 Å². The number of aromatic nitrogens is 1. The van der Waals surface area contributed by atoms with E-state index in [2.05, 4.69) is 4.98 Å². The van der Waals surface area contributed by atoms with Gasteiger partial charge in [0.2, 0.25) is 0 Å². The van der Waals surface area contributed by atoms with Gasteiger partial charge < -0.3 is 11.5 Å². The number of nitrogen functional groups attached to an aromatic ring is 2. The molecule has 4 nitrogen and oxygen atoms in total. The maximum atomic E-state index is 12.3. The summed E-state index contributed by atoms with van der Waals surface area (Å²) >= 11 is 5.81. The number of aryl methyl sites for hydroxylation is 1. The van der Waals surface area contributed by atoms with E-state index >= 15 is 0 Å². The molecule has 0 atom stereocenters. The highest BCUT2D eigenvalue weighted by Gasteiger charge is 2.14. The summed E-state index contributed by atoms with van der Waals surface area (Å²) < 4.78 is 0. The Balaban J connectivity index is 2.47. The summed E-state index contributed by atoms with van der Waals surface area (Å²) in [4.78, 5) is 16.2. The number of nitrogens with two attached hydrogens (primary N) is 2. The van der Waals surface area contributed by atoms with Gasteiger partial charge in [-0.2, -0.15) is 0 Å². The molecule has 2 aromatic rings. The first-order chi connectivity index (χ1) is 8.49. The van der Waals surface area contributed by atoms with Crippen molar-refractivity contribution in [3.05, 3.63) is 52.2 Å². The molecular weight excluding hydrogens is 250 g/mol. The van der Waals surface area contributed by atoms with Crippen LogP contribution in [0.15, 0.2) is 30.5 Å². The molecule has 0 fully saturated rings. The third-order valence-corrected chi connectivity index (χ3v) is 2.90. The molecule has 0 radical (unpaired) electrons. The molecule has 0 aliphatic rings. The third-order valence-electron chi connectivity index (χ3n) is 2.56. The normalized spacial score (nSPS) is 10.3. The average molecular weight is 262 g/mol. The van der Waals surface area contributed by atoms with Crippen LogP contribution in [0, 0.1) is 6.92 Å². The van der Waals surface area contributed by atoms with Crippen molar-refractivity contribution in [2.45, 2.75) is 6.92 Å².